The second-order valence-corrected chi connectivity index (χ2v) is 7.17. The number of nitrogens with two attached hydrogens (primary N) is 1. The highest BCUT2D eigenvalue weighted by Crippen LogP contribution is 2.20. The molecule has 0 saturated heterocycles. The third-order valence-electron chi connectivity index (χ3n) is 3.98. The van der Waals surface area contributed by atoms with Crippen LogP contribution >= 0.6 is 0 Å². The lowest BCUT2D eigenvalue weighted by molar-refractivity contribution is -0.192. The number of aliphatic carboxylic acids is 1. The van der Waals surface area contributed by atoms with E-state index in [1.54, 1.807) is 13.8 Å². The molecule has 0 aliphatic carbocycles. The van der Waals surface area contributed by atoms with Crippen LogP contribution in [0.4, 0.5) is 13.2 Å². The first-order valence-corrected chi connectivity index (χ1v) is 9.28. The number of nitrogens with one attached hydrogen (secondary N) is 1. The van der Waals surface area contributed by atoms with Crippen LogP contribution in [-0.4, -0.2) is 65.1 Å². The van der Waals surface area contributed by atoms with E-state index in [1.807, 2.05) is 13.8 Å². The highest BCUT2D eigenvalue weighted by molar-refractivity contribution is 6.07. The summed E-state index contributed by atoms with van der Waals surface area (Å²) >= 11 is 0. The highest BCUT2D eigenvalue weighted by atomic mass is 19.4. The molecule has 0 radical (unpaired) electrons. The van der Waals surface area contributed by atoms with Gasteiger partial charge in [0, 0.05) is 18.2 Å². The monoisotopic (exact) mass is 451 g/mol. The molecule has 12 heteroatoms. The van der Waals surface area contributed by atoms with Crippen molar-refractivity contribution in [2.24, 2.45) is 11.7 Å². The van der Waals surface area contributed by atoms with E-state index in [0.717, 1.165) is 4.90 Å². The second kappa shape index (κ2) is 12.1. The lowest BCUT2D eigenvalue weighted by Gasteiger charge is -2.20. The molecule has 0 fully saturated rings. The minimum absolute atomic E-state index is 0.262. The number of ether oxygens (including phenoxy) is 1. The SMILES string of the molecule is COC1=CC(=O)N(C(=O)/C=C/[C@H](C)NC(=O)[C@@H](N)CC(C)C)[C@H]1C.O=C(O)C(F)(F)F. The van der Waals surface area contributed by atoms with Crippen LogP contribution in [-0.2, 0) is 23.9 Å². The van der Waals surface area contributed by atoms with Gasteiger partial charge in [-0.3, -0.25) is 19.3 Å². The number of hydrogen-bond donors (Lipinski definition) is 3. The molecule has 1 rings (SSSR count). The van der Waals surface area contributed by atoms with Crippen LogP contribution in [0.1, 0.15) is 34.1 Å². The van der Waals surface area contributed by atoms with Crippen LogP contribution in [0, 0.1) is 5.92 Å². The molecule has 0 spiro atoms. The molecule has 0 bridgehead atoms. The molecule has 176 valence electrons. The first kappa shape index (κ1) is 28.1. The molecule has 1 heterocycles. The Kier molecular flexibility index (Phi) is 11.0. The summed E-state index contributed by atoms with van der Waals surface area (Å²) in [6.07, 6.45) is -0.383. The summed E-state index contributed by atoms with van der Waals surface area (Å²) in [5.41, 5.74) is 5.81. The largest absolute Gasteiger partial charge is 0.499 e. The Balaban J connectivity index is 0.00000110. The molecule has 3 atom stereocenters. The Morgan fingerprint density at radius 2 is 1.84 bits per heavy atom. The number of carboxylic acids is 1. The fourth-order valence-corrected chi connectivity index (χ4v) is 2.46. The number of amides is 3. The number of hydrogen-bond acceptors (Lipinski definition) is 6. The van der Waals surface area contributed by atoms with E-state index in [0.29, 0.717) is 18.1 Å². The molecule has 0 unspecified atom stereocenters. The molecule has 4 N–H and O–H groups in total. The lowest BCUT2D eigenvalue weighted by atomic mass is 10.0. The Bertz CT molecular complexity index is 734. The van der Waals surface area contributed by atoms with Gasteiger partial charge in [-0.1, -0.05) is 19.9 Å². The van der Waals surface area contributed by atoms with E-state index >= 15 is 0 Å². The maximum Gasteiger partial charge on any atom is 0.490 e. The summed E-state index contributed by atoms with van der Waals surface area (Å²) < 4.78 is 36.8. The summed E-state index contributed by atoms with van der Waals surface area (Å²) in [5, 5.41) is 9.85. The van der Waals surface area contributed by atoms with Gasteiger partial charge in [-0.05, 0) is 26.2 Å². The zero-order valence-corrected chi connectivity index (χ0v) is 17.9. The van der Waals surface area contributed by atoms with Gasteiger partial charge < -0.3 is 20.9 Å². The van der Waals surface area contributed by atoms with Crippen LogP contribution in [0.3, 0.4) is 0 Å². The van der Waals surface area contributed by atoms with Gasteiger partial charge in [0.1, 0.15) is 5.76 Å². The fourth-order valence-electron chi connectivity index (χ4n) is 2.46. The average Bonchev–Trinajstić information content (AvgIpc) is 2.92. The van der Waals surface area contributed by atoms with Gasteiger partial charge >= 0.3 is 12.1 Å². The Labute approximate surface area is 178 Å². The van der Waals surface area contributed by atoms with Gasteiger partial charge in [-0.25, -0.2) is 4.79 Å². The van der Waals surface area contributed by atoms with Gasteiger partial charge in [-0.15, -0.1) is 0 Å². The number of nitrogens with zero attached hydrogens (tertiary/aromatic N) is 1. The molecule has 0 aromatic carbocycles. The topological polar surface area (TPSA) is 139 Å². The van der Waals surface area contributed by atoms with Gasteiger partial charge in [-0.2, -0.15) is 13.2 Å². The van der Waals surface area contributed by atoms with Crippen molar-refractivity contribution in [2.45, 2.75) is 58.4 Å². The second-order valence-electron chi connectivity index (χ2n) is 7.17. The molecule has 0 saturated carbocycles. The first-order valence-electron chi connectivity index (χ1n) is 9.28. The number of alkyl halides is 3. The standard InChI is InChI=1S/C17H27N3O4.C2HF3O2/c1-10(2)8-13(18)17(23)19-11(3)6-7-15(21)20-12(4)14(24-5)9-16(20)22;3-2(4,5)1(6)7/h6-7,9-13H,8,18H2,1-5H3,(H,19,23);(H,6,7)/b7-6+;/t11-,12-,13-;/m0./s1. The summed E-state index contributed by atoms with van der Waals surface area (Å²) in [4.78, 5) is 46.0. The van der Waals surface area contributed by atoms with Gasteiger partial charge in [0.15, 0.2) is 0 Å². The molecule has 9 nitrogen and oxygen atoms in total. The third kappa shape index (κ3) is 9.64. The highest BCUT2D eigenvalue weighted by Gasteiger charge is 2.38. The van der Waals surface area contributed by atoms with E-state index < -0.39 is 36.0 Å². The Hall–Kier alpha value is -2.89. The number of carbonyl (C=O) groups is 4. The van der Waals surface area contributed by atoms with Crippen molar-refractivity contribution >= 4 is 23.7 Å². The zero-order chi connectivity index (χ0) is 24.5. The number of halogens is 3. The normalized spacial score (nSPS) is 18.3. The number of imide groups is 1. The molecule has 0 aromatic rings. The van der Waals surface area contributed by atoms with Gasteiger partial charge in [0.05, 0.1) is 19.2 Å². The molecular weight excluding hydrogens is 423 g/mol. The summed E-state index contributed by atoms with van der Waals surface area (Å²) in [6.45, 7) is 7.43. The number of methoxy groups -OCH3 is 1. The van der Waals surface area contributed by atoms with E-state index in [2.05, 4.69) is 5.32 Å². The minimum Gasteiger partial charge on any atom is -0.499 e. The van der Waals surface area contributed by atoms with Crippen molar-refractivity contribution in [3.8, 4) is 0 Å². The quantitative estimate of drug-likeness (QED) is 0.497. The van der Waals surface area contributed by atoms with Crippen molar-refractivity contribution in [1.82, 2.24) is 10.2 Å². The lowest BCUT2D eigenvalue weighted by Crippen LogP contribution is -2.44. The summed E-state index contributed by atoms with van der Waals surface area (Å²) in [5.74, 6) is -3.12. The predicted octanol–water partition coefficient (Wildman–Crippen LogP) is 1.34. The van der Waals surface area contributed by atoms with E-state index in [9.17, 15) is 27.6 Å². The number of carboxylic acid groups (broad SMARTS) is 1. The van der Waals surface area contributed by atoms with Crippen molar-refractivity contribution in [2.75, 3.05) is 7.11 Å². The average molecular weight is 451 g/mol. The van der Waals surface area contributed by atoms with Crippen molar-refractivity contribution in [1.29, 1.82) is 0 Å². The smallest absolute Gasteiger partial charge is 0.490 e. The van der Waals surface area contributed by atoms with Crippen LogP contribution < -0.4 is 11.1 Å². The van der Waals surface area contributed by atoms with Crippen molar-refractivity contribution < 1.29 is 42.2 Å². The van der Waals surface area contributed by atoms with Crippen LogP contribution in [0.25, 0.3) is 0 Å². The summed E-state index contributed by atoms with van der Waals surface area (Å²) in [6, 6.07) is -1.39. The summed E-state index contributed by atoms with van der Waals surface area (Å²) in [7, 11) is 1.46. The molecule has 1 aliphatic heterocycles. The van der Waals surface area contributed by atoms with E-state index in [-0.39, 0.29) is 11.9 Å². The van der Waals surface area contributed by atoms with Crippen LogP contribution in [0.15, 0.2) is 24.0 Å². The van der Waals surface area contributed by atoms with Crippen LogP contribution in [0.5, 0.6) is 0 Å². The molecule has 0 aromatic heterocycles. The zero-order valence-electron chi connectivity index (χ0n) is 17.9. The predicted molar refractivity (Wildman–Crippen MR) is 104 cm³/mol. The molecule has 3 amide bonds. The maximum atomic E-state index is 12.2. The van der Waals surface area contributed by atoms with Crippen LogP contribution in [0.2, 0.25) is 0 Å². The van der Waals surface area contributed by atoms with E-state index in [1.165, 1.54) is 25.3 Å². The van der Waals surface area contributed by atoms with E-state index in [4.69, 9.17) is 20.4 Å². The first-order chi connectivity index (χ1) is 14.1. The van der Waals surface area contributed by atoms with Gasteiger partial charge in [0.25, 0.3) is 11.8 Å². The molecule has 1 aliphatic rings. The van der Waals surface area contributed by atoms with Crippen molar-refractivity contribution in [3.05, 3.63) is 24.0 Å². The van der Waals surface area contributed by atoms with Gasteiger partial charge in [0.2, 0.25) is 5.91 Å². The maximum absolute atomic E-state index is 12.2. The number of carbonyl (C=O) groups excluding carboxylic acids is 3. The third-order valence-corrected chi connectivity index (χ3v) is 3.98. The van der Waals surface area contributed by atoms with Crippen molar-refractivity contribution in [3.63, 3.8) is 0 Å². The molecular formula is C19H28F3N3O6. The Morgan fingerprint density at radius 3 is 2.23 bits per heavy atom. The Morgan fingerprint density at radius 1 is 1.32 bits per heavy atom. The fraction of sp³-hybridized carbons (Fsp3) is 0.579. The molecule has 31 heavy (non-hydrogen) atoms. The minimum atomic E-state index is -5.08. The number of rotatable bonds is 7.